The average Bonchev–Trinajstić information content (AvgIpc) is 3.03. The van der Waals surface area contributed by atoms with Crippen LogP contribution in [0.25, 0.3) is 0 Å². The minimum Gasteiger partial charge on any atom is -0.312 e. The molecule has 2 aliphatic rings. The van der Waals surface area contributed by atoms with Crippen molar-refractivity contribution in [1.82, 2.24) is 0 Å². The van der Waals surface area contributed by atoms with Crippen LogP contribution in [-0.4, -0.2) is 42.0 Å². The molecule has 7 nitrogen and oxygen atoms in total. The molecule has 2 fully saturated rings. The molecule has 0 amide bonds. The highest BCUT2D eigenvalue weighted by molar-refractivity contribution is 7.91. The molecule has 0 aliphatic carbocycles. The lowest BCUT2D eigenvalue weighted by molar-refractivity contribution is -0.384. The van der Waals surface area contributed by atoms with Crippen LogP contribution in [0.2, 0.25) is 0 Å². The molecule has 0 aromatic heterocycles. The lowest BCUT2D eigenvalue weighted by Gasteiger charge is -2.26. The van der Waals surface area contributed by atoms with Gasteiger partial charge in [0.25, 0.3) is 5.69 Å². The number of fused-ring (bicyclic) bond motifs is 1. The zero-order valence-electron chi connectivity index (χ0n) is 14.5. The largest absolute Gasteiger partial charge is 0.312 e. The Morgan fingerprint density at radius 3 is 2.19 bits per heavy atom. The van der Waals surface area contributed by atoms with Crippen LogP contribution in [0.4, 0.5) is 17.1 Å². The van der Waals surface area contributed by atoms with Crippen molar-refractivity contribution >= 4 is 44.2 Å². The Morgan fingerprint density at radius 2 is 1.63 bits per heavy atom. The van der Waals surface area contributed by atoms with Crippen LogP contribution in [0, 0.1) is 17.0 Å². The number of nitrogens with zero attached hydrogens (tertiary/aromatic N) is 3. The quantitative estimate of drug-likeness (QED) is 0.443. The molecule has 2 heterocycles. The van der Waals surface area contributed by atoms with E-state index in [0.717, 1.165) is 11.3 Å². The summed E-state index contributed by atoms with van der Waals surface area (Å²) in [7, 11) is -3.19. The first-order chi connectivity index (χ1) is 12.8. The van der Waals surface area contributed by atoms with Gasteiger partial charge in [-0.2, -0.15) is 0 Å². The third-order valence-electron chi connectivity index (χ3n) is 4.99. The molecule has 2 aromatic carbocycles. The molecule has 0 unspecified atom stereocenters. The van der Waals surface area contributed by atoms with Crippen molar-refractivity contribution in [2.45, 2.75) is 19.0 Å². The van der Waals surface area contributed by atoms with Crippen LogP contribution < -0.4 is 9.80 Å². The second-order valence-electron chi connectivity index (χ2n) is 6.85. The second kappa shape index (κ2) is 6.28. The molecule has 140 valence electrons. The zero-order valence-corrected chi connectivity index (χ0v) is 16.1. The molecule has 0 bridgehead atoms. The minimum atomic E-state index is -3.19. The molecular formula is C18H17N3O4S2. The Morgan fingerprint density at radius 1 is 1.04 bits per heavy atom. The summed E-state index contributed by atoms with van der Waals surface area (Å²) in [5.41, 5.74) is 2.56. The van der Waals surface area contributed by atoms with Gasteiger partial charge in [-0.15, -0.1) is 0 Å². The van der Waals surface area contributed by atoms with Crippen molar-refractivity contribution in [1.29, 1.82) is 0 Å². The van der Waals surface area contributed by atoms with Crippen molar-refractivity contribution in [3.8, 4) is 0 Å². The molecule has 0 spiro atoms. The fraction of sp³-hybridized carbons (Fsp3) is 0.278. The van der Waals surface area contributed by atoms with Crippen molar-refractivity contribution in [3.05, 3.63) is 64.2 Å². The summed E-state index contributed by atoms with van der Waals surface area (Å²) in [6, 6.07) is 13.2. The number of nitro groups is 1. The maximum absolute atomic E-state index is 12.3. The number of sulfone groups is 1. The van der Waals surface area contributed by atoms with Gasteiger partial charge < -0.3 is 9.80 Å². The topological polar surface area (TPSA) is 83.8 Å². The molecule has 27 heavy (non-hydrogen) atoms. The van der Waals surface area contributed by atoms with Gasteiger partial charge in [-0.25, -0.2) is 8.42 Å². The first kappa shape index (κ1) is 17.9. The van der Waals surface area contributed by atoms with Crippen molar-refractivity contribution < 1.29 is 13.3 Å². The van der Waals surface area contributed by atoms with E-state index in [1.165, 1.54) is 12.1 Å². The molecule has 0 radical (unpaired) electrons. The monoisotopic (exact) mass is 403 g/mol. The lowest BCUT2D eigenvalue weighted by Crippen LogP contribution is -2.37. The molecular weight excluding hydrogens is 386 g/mol. The normalized spacial score (nSPS) is 23.5. The van der Waals surface area contributed by atoms with E-state index >= 15 is 0 Å². The average molecular weight is 403 g/mol. The summed E-state index contributed by atoms with van der Waals surface area (Å²) < 4.78 is 24.7. The minimum absolute atomic E-state index is 0.0110. The van der Waals surface area contributed by atoms with E-state index < -0.39 is 14.8 Å². The van der Waals surface area contributed by atoms with Crippen LogP contribution in [0.15, 0.2) is 48.5 Å². The molecule has 0 saturated carbocycles. The SMILES string of the molecule is Cc1cccc(N2C(=S)N(c3ccc([N+](=O)[O-])cc3)[C@H]3CS(=O)(=O)C[C@H]32)c1. The van der Waals surface area contributed by atoms with E-state index in [-0.39, 0.29) is 29.3 Å². The standard InChI is InChI=1S/C18H17N3O4S2/c1-12-3-2-4-15(9-12)20-17-11-27(24,25)10-16(17)19(18(20)26)13-5-7-14(8-6-13)21(22)23/h2-9,16-17H,10-11H2,1H3/t16-,17+/m0/s1. The fourth-order valence-electron chi connectivity index (χ4n) is 3.82. The number of hydrogen-bond acceptors (Lipinski definition) is 5. The van der Waals surface area contributed by atoms with Gasteiger partial charge in [-0.1, -0.05) is 12.1 Å². The van der Waals surface area contributed by atoms with Gasteiger partial charge >= 0.3 is 0 Å². The number of rotatable bonds is 3. The highest BCUT2D eigenvalue weighted by Crippen LogP contribution is 2.38. The highest BCUT2D eigenvalue weighted by Gasteiger charge is 2.52. The molecule has 2 saturated heterocycles. The van der Waals surface area contributed by atoms with Gasteiger partial charge in [-0.3, -0.25) is 10.1 Å². The van der Waals surface area contributed by atoms with Crippen LogP contribution in [-0.2, 0) is 9.84 Å². The maximum atomic E-state index is 12.3. The van der Waals surface area contributed by atoms with E-state index in [9.17, 15) is 18.5 Å². The summed E-state index contributed by atoms with van der Waals surface area (Å²) in [6.07, 6.45) is 0. The number of thiocarbonyl (C=S) groups is 1. The third kappa shape index (κ3) is 3.06. The summed E-state index contributed by atoms with van der Waals surface area (Å²) >= 11 is 5.71. The lowest BCUT2D eigenvalue weighted by atomic mass is 10.1. The van der Waals surface area contributed by atoms with Crippen LogP contribution in [0.3, 0.4) is 0 Å². The van der Waals surface area contributed by atoms with Crippen molar-refractivity contribution in [3.63, 3.8) is 0 Å². The third-order valence-corrected chi connectivity index (χ3v) is 7.08. The first-order valence-electron chi connectivity index (χ1n) is 8.41. The number of hydrogen-bond donors (Lipinski definition) is 0. The van der Waals surface area contributed by atoms with E-state index in [1.807, 2.05) is 41.0 Å². The Hall–Kier alpha value is -2.52. The number of aryl methyl sites for hydroxylation is 1. The van der Waals surface area contributed by atoms with Crippen LogP contribution >= 0.6 is 12.2 Å². The van der Waals surface area contributed by atoms with Gasteiger partial charge in [0.05, 0.1) is 28.5 Å². The first-order valence-corrected chi connectivity index (χ1v) is 10.6. The molecule has 2 aliphatic heterocycles. The Kier molecular flexibility index (Phi) is 4.15. The smallest absolute Gasteiger partial charge is 0.269 e. The van der Waals surface area contributed by atoms with E-state index in [1.54, 1.807) is 12.1 Å². The number of benzene rings is 2. The van der Waals surface area contributed by atoms with E-state index in [2.05, 4.69) is 0 Å². The summed E-state index contributed by atoms with van der Waals surface area (Å²) in [5, 5.41) is 11.4. The summed E-state index contributed by atoms with van der Waals surface area (Å²) in [6.45, 7) is 1.97. The van der Waals surface area contributed by atoms with Crippen LogP contribution in [0.5, 0.6) is 0 Å². The van der Waals surface area contributed by atoms with Gasteiger partial charge in [-0.05, 0) is 49.0 Å². The molecule has 0 N–H and O–H groups in total. The van der Waals surface area contributed by atoms with Gasteiger partial charge in [0.2, 0.25) is 0 Å². The number of non-ortho nitro benzene ring substituents is 1. The predicted octanol–water partition coefficient (Wildman–Crippen LogP) is 2.68. The Labute approximate surface area is 162 Å². The zero-order chi connectivity index (χ0) is 19.3. The predicted molar refractivity (Wildman–Crippen MR) is 108 cm³/mol. The molecule has 9 heteroatoms. The van der Waals surface area contributed by atoms with E-state index in [0.29, 0.717) is 10.8 Å². The summed E-state index contributed by atoms with van der Waals surface area (Å²) in [5.74, 6) is 0.0480. The van der Waals surface area contributed by atoms with E-state index in [4.69, 9.17) is 12.2 Å². The fourth-order valence-corrected chi connectivity index (χ4v) is 6.22. The molecule has 4 rings (SSSR count). The molecule has 2 atom stereocenters. The van der Waals surface area contributed by atoms with Gasteiger partial charge in [0, 0.05) is 23.5 Å². The maximum Gasteiger partial charge on any atom is 0.269 e. The molecule has 2 aromatic rings. The number of anilines is 2. The highest BCUT2D eigenvalue weighted by atomic mass is 32.2. The Balaban J connectivity index is 1.78. The van der Waals surface area contributed by atoms with Gasteiger partial charge in [0.1, 0.15) is 0 Å². The number of nitro benzene ring substituents is 1. The summed E-state index contributed by atoms with van der Waals surface area (Å²) in [4.78, 5) is 14.2. The van der Waals surface area contributed by atoms with Crippen molar-refractivity contribution in [2.75, 3.05) is 21.3 Å². The van der Waals surface area contributed by atoms with Gasteiger partial charge in [0.15, 0.2) is 14.9 Å². The second-order valence-corrected chi connectivity index (χ2v) is 9.37. The Bertz CT molecular complexity index is 1040. The van der Waals surface area contributed by atoms with Crippen LogP contribution in [0.1, 0.15) is 5.56 Å². The van der Waals surface area contributed by atoms with Crippen molar-refractivity contribution in [2.24, 2.45) is 0 Å².